The highest BCUT2D eigenvalue weighted by Crippen LogP contribution is 2.42. The van der Waals surface area contributed by atoms with Crippen molar-refractivity contribution in [1.29, 1.82) is 0 Å². The van der Waals surface area contributed by atoms with Crippen molar-refractivity contribution in [2.45, 2.75) is 47.6 Å². The largest absolute Gasteiger partial charge is 0.478 e. The van der Waals surface area contributed by atoms with Gasteiger partial charge in [0.2, 0.25) is 0 Å². The number of nitrogens with zero attached hydrogens (tertiary/aromatic N) is 1. The van der Waals surface area contributed by atoms with E-state index in [2.05, 4.69) is 87.6 Å². The molecule has 2 aromatic carbocycles. The number of hydrogen-bond acceptors (Lipinski definition) is 2. The summed E-state index contributed by atoms with van der Waals surface area (Å²) in [6, 6.07) is 17.0. The number of aryl methyl sites for hydroxylation is 2. The van der Waals surface area contributed by atoms with Crippen LogP contribution in [0, 0.1) is 13.8 Å². The van der Waals surface area contributed by atoms with Gasteiger partial charge in [-0.05, 0) is 70.7 Å². The Balaban J connectivity index is 2.57. The predicted molar refractivity (Wildman–Crippen MR) is 126 cm³/mol. The number of hydrogen-bond donors (Lipinski definition) is 1. The standard InChI is InChI=1S/C25H32NO2P/c1-17(2)26(29(7)23-14-10-19(4)11-15-23)24(21(6)25(27)28)16-20(5)22-12-8-18(3)9-13-22/h8-17H,1-7H3,(H,27,28)/b20-16+,24-21-. The molecular weight excluding hydrogens is 377 g/mol. The van der Waals surface area contributed by atoms with Gasteiger partial charge >= 0.3 is 5.97 Å². The third kappa shape index (κ3) is 5.81. The summed E-state index contributed by atoms with van der Waals surface area (Å²) < 4.78 is 2.27. The van der Waals surface area contributed by atoms with E-state index in [1.54, 1.807) is 6.92 Å². The molecule has 3 nitrogen and oxygen atoms in total. The molecule has 0 saturated carbocycles. The van der Waals surface area contributed by atoms with Gasteiger partial charge in [0.25, 0.3) is 0 Å². The second-order valence-corrected chi connectivity index (χ2v) is 9.80. The molecule has 0 heterocycles. The second kappa shape index (κ2) is 9.89. The molecule has 2 rings (SSSR count). The fourth-order valence-corrected chi connectivity index (χ4v) is 5.28. The molecule has 0 fully saturated rings. The van der Waals surface area contributed by atoms with Crippen LogP contribution in [-0.2, 0) is 4.79 Å². The number of rotatable bonds is 7. The molecule has 0 spiro atoms. The minimum Gasteiger partial charge on any atom is -0.478 e. The zero-order valence-corrected chi connectivity index (χ0v) is 19.4. The minimum atomic E-state index is -0.883. The smallest absolute Gasteiger partial charge is 0.333 e. The van der Waals surface area contributed by atoms with E-state index >= 15 is 0 Å². The van der Waals surface area contributed by atoms with E-state index in [0.29, 0.717) is 5.57 Å². The van der Waals surface area contributed by atoms with E-state index in [1.807, 2.05) is 13.0 Å². The fourth-order valence-electron chi connectivity index (χ4n) is 3.23. The lowest BCUT2D eigenvalue weighted by molar-refractivity contribution is -0.132. The van der Waals surface area contributed by atoms with Crippen molar-refractivity contribution in [3.8, 4) is 0 Å². The predicted octanol–water partition coefficient (Wildman–Crippen LogP) is 6.13. The number of benzene rings is 2. The Kier molecular flexibility index (Phi) is 7.81. The lowest BCUT2D eigenvalue weighted by Gasteiger charge is -2.37. The normalized spacial score (nSPS) is 13.9. The van der Waals surface area contributed by atoms with E-state index in [0.717, 1.165) is 16.8 Å². The first-order valence-electron chi connectivity index (χ1n) is 9.91. The van der Waals surface area contributed by atoms with Crippen LogP contribution >= 0.6 is 8.07 Å². The number of carboxylic acid groups (broad SMARTS) is 1. The van der Waals surface area contributed by atoms with Gasteiger partial charge in [-0.15, -0.1) is 0 Å². The van der Waals surface area contributed by atoms with Gasteiger partial charge in [-0.2, -0.15) is 0 Å². The number of carboxylic acids is 1. The highest BCUT2D eigenvalue weighted by atomic mass is 31.1. The Labute approximate surface area is 176 Å². The average Bonchev–Trinajstić information content (AvgIpc) is 2.67. The molecule has 0 radical (unpaired) electrons. The summed E-state index contributed by atoms with van der Waals surface area (Å²) in [6.07, 6.45) is 2.03. The van der Waals surface area contributed by atoms with Crippen LogP contribution in [0.3, 0.4) is 0 Å². The minimum absolute atomic E-state index is 0.166. The van der Waals surface area contributed by atoms with Crippen molar-refractivity contribution in [3.05, 3.63) is 82.6 Å². The first-order valence-corrected chi connectivity index (χ1v) is 11.6. The molecule has 29 heavy (non-hydrogen) atoms. The zero-order chi connectivity index (χ0) is 21.7. The van der Waals surface area contributed by atoms with E-state index in [-0.39, 0.29) is 6.04 Å². The molecule has 1 unspecified atom stereocenters. The molecular formula is C25H32NO2P. The highest BCUT2D eigenvalue weighted by molar-refractivity contribution is 7.62. The monoisotopic (exact) mass is 409 g/mol. The molecule has 2 aromatic rings. The van der Waals surface area contributed by atoms with Crippen LogP contribution in [0.15, 0.2) is 65.9 Å². The quantitative estimate of drug-likeness (QED) is 0.340. The molecule has 0 saturated heterocycles. The summed E-state index contributed by atoms with van der Waals surface area (Å²) in [4.78, 5) is 11.9. The van der Waals surface area contributed by atoms with Gasteiger partial charge < -0.3 is 9.78 Å². The first-order chi connectivity index (χ1) is 13.6. The highest BCUT2D eigenvalue weighted by Gasteiger charge is 2.24. The second-order valence-electron chi connectivity index (χ2n) is 7.81. The van der Waals surface area contributed by atoms with Crippen LogP contribution in [0.1, 0.15) is 44.4 Å². The van der Waals surface area contributed by atoms with Crippen molar-refractivity contribution >= 4 is 24.9 Å². The van der Waals surface area contributed by atoms with Crippen LogP contribution in [0.25, 0.3) is 5.57 Å². The molecule has 1 N–H and O–H groups in total. The van der Waals surface area contributed by atoms with Gasteiger partial charge in [0, 0.05) is 14.1 Å². The van der Waals surface area contributed by atoms with Crippen LogP contribution in [-0.4, -0.2) is 28.5 Å². The summed E-state index contributed by atoms with van der Waals surface area (Å²) in [5.41, 5.74) is 5.73. The molecule has 0 aliphatic heterocycles. The van der Waals surface area contributed by atoms with Gasteiger partial charge in [-0.1, -0.05) is 59.7 Å². The molecule has 0 amide bonds. The number of allylic oxidation sites excluding steroid dienone is 2. The average molecular weight is 410 g/mol. The maximum Gasteiger partial charge on any atom is 0.333 e. The summed E-state index contributed by atoms with van der Waals surface area (Å²) in [5.74, 6) is -0.883. The zero-order valence-electron chi connectivity index (χ0n) is 18.5. The molecule has 0 aliphatic carbocycles. The van der Waals surface area contributed by atoms with Gasteiger partial charge in [-0.25, -0.2) is 4.79 Å². The van der Waals surface area contributed by atoms with Crippen molar-refractivity contribution in [1.82, 2.24) is 4.67 Å². The van der Waals surface area contributed by atoms with Gasteiger partial charge in [0.15, 0.2) is 0 Å². The molecule has 0 bridgehead atoms. The lowest BCUT2D eigenvalue weighted by Crippen LogP contribution is -2.29. The molecule has 4 heteroatoms. The van der Waals surface area contributed by atoms with Gasteiger partial charge in [-0.3, -0.25) is 0 Å². The Bertz CT molecular complexity index is 909. The van der Waals surface area contributed by atoms with Crippen molar-refractivity contribution in [2.75, 3.05) is 6.66 Å². The SMILES string of the molecule is C/C(C(=O)O)=C(\C=C(/C)c1ccc(C)cc1)N(C(C)C)P(C)c1ccc(C)cc1. The summed E-state index contributed by atoms with van der Waals surface area (Å²) >= 11 is 0. The van der Waals surface area contributed by atoms with Crippen molar-refractivity contribution < 1.29 is 9.90 Å². The lowest BCUT2D eigenvalue weighted by atomic mass is 10.0. The Morgan fingerprint density at radius 1 is 0.966 bits per heavy atom. The van der Waals surface area contributed by atoms with Crippen LogP contribution in [0.5, 0.6) is 0 Å². The van der Waals surface area contributed by atoms with E-state index in [9.17, 15) is 9.90 Å². The molecule has 0 aliphatic rings. The van der Waals surface area contributed by atoms with Crippen LogP contribution in [0.2, 0.25) is 0 Å². The fraction of sp³-hybridized carbons (Fsp3) is 0.320. The third-order valence-corrected chi connectivity index (χ3v) is 7.40. The maximum absolute atomic E-state index is 11.9. The topological polar surface area (TPSA) is 40.5 Å². The Hall–Kier alpha value is -2.38. The maximum atomic E-state index is 11.9. The van der Waals surface area contributed by atoms with Crippen LogP contribution < -0.4 is 5.30 Å². The van der Waals surface area contributed by atoms with Crippen molar-refractivity contribution in [2.24, 2.45) is 0 Å². The van der Waals surface area contributed by atoms with E-state index in [4.69, 9.17) is 0 Å². The Morgan fingerprint density at radius 2 is 1.45 bits per heavy atom. The van der Waals surface area contributed by atoms with E-state index < -0.39 is 14.0 Å². The summed E-state index contributed by atoms with van der Waals surface area (Å²) in [6.45, 7) is 14.3. The van der Waals surface area contributed by atoms with Gasteiger partial charge in [0.05, 0.1) is 11.3 Å². The molecule has 1 atom stereocenters. The van der Waals surface area contributed by atoms with Crippen molar-refractivity contribution in [3.63, 3.8) is 0 Å². The first kappa shape index (κ1) is 22.9. The van der Waals surface area contributed by atoms with Crippen LogP contribution in [0.4, 0.5) is 0 Å². The number of aliphatic carboxylic acids is 1. The number of carbonyl (C=O) groups is 1. The Morgan fingerprint density at radius 3 is 1.90 bits per heavy atom. The molecule has 0 aromatic heterocycles. The van der Waals surface area contributed by atoms with E-state index in [1.165, 1.54) is 16.4 Å². The molecule has 154 valence electrons. The third-order valence-electron chi connectivity index (χ3n) is 5.03. The van der Waals surface area contributed by atoms with Gasteiger partial charge in [0.1, 0.15) is 0 Å². The summed E-state index contributed by atoms with van der Waals surface area (Å²) in [5, 5.41) is 11.0. The summed E-state index contributed by atoms with van der Waals surface area (Å²) in [7, 11) is -0.725.